The van der Waals surface area contributed by atoms with Crippen molar-refractivity contribution in [1.82, 2.24) is 4.90 Å². The van der Waals surface area contributed by atoms with Gasteiger partial charge in [-0.2, -0.15) is 0 Å². The predicted molar refractivity (Wildman–Crippen MR) is 87.4 cm³/mol. The number of benzene rings is 1. The zero-order valence-electron chi connectivity index (χ0n) is 12.8. The summed E-state index contributed by atoms with van der Waals surface area (Å²) in [5.74, 6) is 0.396. The first kappa shape index (κ1) is 18.4. The minimum atomic E-state index is -0.454. The van der Waals surface area contributed by atoms with Crippen LogP contribution in [-0.2, 0) is 0 Å². The lowest BCUT2D eigenvalue weighted by atomic mass is 9.91. The van der Waals surface area contributed by atoms with Gasteiger partial charge in [-0.05, 0) is 31.7 Å². The molecule has 2 unspecified atom stereocenters. The molecule has 1 aliphatic rings. The van der Waals surface area contributed by atoms with Crippen molar-refractivity contribution in [2.45, 2.75) is 32.7 Å². The first-order chi connectivity index (χ1) is 9.95. The van der Waals surface area contributed by atoms with E-state index in [1.54, 1.807) is 24.0 Å². The predicted octanol–water partition coefficient (Wildman–Crippen LogP) is 2.52. The van der Waals surface area contributed by atoms with Gasteiger partial charge in [0.1, 0.15) is 0 Å². The lowest BCUT2D eigenvalue weighted by Gasteiger charge is -2.38. The first-order valence-corrected chi connectivity index (χ1v) is 7.20. The monoisotopic (exact) mass is 327 g/mol. The normalized spacial score (nSPS) is 21.1. The van der Waals surface area contributed by atoms with Gasteiger partial charge < -0.3 is 10.6 Å². The second kappa shape index (κ2) is 7.56. The van der Waals surface area contributed by atoms with Gasteiger partial charge in [0.05, 0.1) is 4.92 Å². The number of likely N-dealkylation sites (tertiary alicyclic amines) is 1. The number of nitrogens with two attached hydrogens (primary N) is 1. The van der Waals surface area contributed by atoms with Crippen LogP contribution in [0, 0.1) is 23.0 Å². The molecule has 2 atom stereocenters. The Morgan fingerprint density at radius 3 is 2.77 bits per heavy atom. The highest BCUT2D eigenvalue weighted by Crippen LogP contribution is 2.27. The largest absolute Gasteiger partial charge is 0.334 e. The maximum atomic E-state index is 12.7. The van der Waals surface area contributed by atoms with Gasteiger partial charge >= 0.3 is 0 Å². The summed E-state index contributed by atoms with van der Waals surface area (Å²) in [6.07, 6.45) is 1.83. The van der Waals surface area contributed by atoms with Crippen LogP contribution in [0.25, 0.3) is 0 Å². The number of nitro groups is 1. The van der Waals surface area contributed by atoms with Gasteiger partial charge in [0.15, 0.2) is 0 Å². The lowest BCUT2D eigenvalue weighted by Crippen LogP contribution is -2.49. The van der Waals surface area contributed by atoms with Gasteiger partial charge in [-0.15, -0.1) is 12.4 Å². The molecule has 0 bridgehead atoms. The van der Waals surface area contributed by atoms with E-state index in [9.17, 15) is 14.9 Å². The number of amides is 1. The molecule has 1 aliphatic heterocycles. The van der Waals surface area contributed by atoms with Crippen LogP contribution in [0.15, 0.2) is 18.2 Å². The second-order valence-electron chi connectivity index (χ2n) is 5.72. The first-order valence-electron chi connectivity index (χ1n) is 7.20. The minimum Gasteiger partial charge on any atom is -0.334 e. The molecule has 0 aliphatic carbocycles. The van der Waals surface area contributed by atoms with Gasteiger partial charge in [-0.3, -0.25) is 14.9 Å². The summed E-state index contributed by atoms with van der Waals surface area (Å²) in [6.45, 7) is 4.85. The molecule has 2 N–H and O–H groups in total. The summed E-state index contributed by atoms with van der Waals surface area (Å²) >= 11 is 0. The van der Waals surface area contributed by atoms with Crippen molar-refractivity contribution in [3.8, 4) is 0 Å². The van der Waals surface area contributed by atoms with Crippen LogP contribution in [0.2, 0.25) is 0 Å². The van der Waals surface area contributed by atoms with Crippen molar-refractivity contribution in [3.05, 3.63) is 39.4 Å². The molecule has 0 radical (unpaired) electrons. The van der Waals surface area contributed by atoms with E-state index in [0.717, 1.165) is 12.8 Å². The molecule has 0 spiro atoms. The van der Waals surface area contributed by atoms with E-state index in [1.165, 1.54) is 6.07 Å². The van der Waals surface area contributed by atoms with Crippen LogP contribution in [0.1, 0.15) is 35.7 Å². The van der Waals surface area contributed by atoms with Gasteiger partial charge in [0.2, 0.25) is 0 Å². The Kier molecular flexibility index (Phi) is 6.32. The number of piperidine rings is 1. The van der Waals surface area contributed by atoms with Crippen molar-refractivity contribution in [1.29, 1.82) is 0 Å². The van der Waals surface area contributed by atoms with Crippen LogP contribution >= 0.6 is 12.4 Å². The molecular formula is C15H22ClN3O3. The Morgan fingerprint density at radius 1 is 1.50 bits per heavy atom. The number of rotatable bonds is 3. The average Bonchev–Trinajstić information content (AvgIpc) is 2.46. The molecule has 1 fully saturated rings. The molecular weight excluding hydrogens is 306 g/mol. The average molecular weight is 328 g/mol. The molecule has 22 heavy (non-hydrogen) atoms. The van der Waals surface area contributed by atoms with Gasteiger partial charge in [-0.25, -0.2) is 0 Å². The van der Waals surface area contributed by atoms with E-state index in [0.29, 0.717) is 30.1 Å². The Morgan fingerprint density at radius 2 is 2.18 bits per heavy atom. The summed E-state index contributed by atoms with van der Waals surface area (Å²) < 4.78 is 0. The fourth-order valence-corrected chi connectivity index (χ4v) is 2.95. The molecule has 1 saturated heterocycles. The highest BCUT2D eigenvalue weighted by atomic mass is 35.5. The number of carbonyl (C=O) groups is 1. The summed E-state index contributed by atoms with van der Waals surface area (Å²) in [7, 11) is 0. The van der Waals surface area contributed by atoms with Gasteiger partial charge in [0.25, 0.3) is 11.6 Å². The van der Waals surface area contributed by atoms with Crippen molar-refractivity contribution < 1.29 is 9.72 Å². The maximum Gasteiger partial charge on any atom is 0.273 e. The van der Waals surface area contributed by atoms with E-state index in [4.69, 9.17) is 5.73 Å². The Balaban J connectivity index is 0.00000242. The lowest BCUT2D eigenvalue weighted by molar-refractivity contribution is -0.385. The standard InChI is InChI=1S/C15H21N3O3.ClH/c1-10-6-7-17(12(8-10)9-16)15(19)13-4-3-5-14(11(13)2)18(20)21;/h3-5,10,12H,6-9,16H2,1-2H3;1H. The van der Waals surface area contributed by atoms with Crippen LogP contribution < -0.4 is 5.73 Å². The minimum absolute atomic E-state index is 0. The van der Waals surface area contributed by atoms with E-state index in [-0.39, 0.29) is 30.0 Å². The molecule has 122 valence electrons. The SMILES string of the molecule is Cc1c(C(=O)N2CCC(C)CC2CN)cccc1[N+](=O)[O-].Cl. The molecule has 1 aromatic rings. The Labute approximate surface area is 136 Å². The third-order valence-electron chi connectivity index (χ3n) is 4.24. The topological polar surface area (TPSA) is 89.5 Å². The maximum absolute atomic E-state index is 12.7. The number of halogens is 1. The fraction of sp³-hybridized carbons (Fsp3) is 0.533. The number of carbonyl (C=O) groups excluding carboxylic acids is 1. The molecule has 1 aromatic carbocycles. The molecule has 6 nitrogen and oxygen atoms in total. The molecule has 1 heterocycles. The quantitative estimate of drug-likeness (QED) is 0.682. The number of hydrogen-bond donors (Lipinski definition) is 1. The molecule has 1 amide bonds. The molecule has 0 saturated carbocycles. The van der Waals surface area contributed by atoms with Crippen molar-refractivity contribution in [2.24, 2.45) is 11.7 Å². The van der Waals surface area contributed by atoms with Crippen LogP contribution in [0.4, 0.5) is 5.69 Å². The number of hydrogen-bond acceptors (Lipinski definition) is 4. The zero-order chi connectivity index (χ0) is 15.6. The van der Waals surface area contributed by atoms with Crippen molar-refractivity contribution in [3.63, 3.8) is 0 Å². The Hall–Kier alpha value is -1.66. The van der Waals surface area contributed by atoms with E-state index >= 15 is 0 Å². The summed E-state index contributed by atoms with van der Waals surface area (Å²) in [5.41, 5.74) is 6.59. The van der Waals surface area contributed by atoms with Crippen LogP contribution in [0.3, 0.4) is 0 Å². The highest BCUT2D eigenvalue weighted by molar-refractivity contribution is 5.96. The van der Waals surface area contributed by atoms with Crippen molar-refractivity contribution in [2.75, 3.05) is 13.1 Å². The molecule has 0 aromatic heterocycles. The zero-order valence-corrected chi connectivity index (χ0v) is 13.6. The summed E-state index contributed by atoms with van der Waals surface area (Å²) in [6, 6.07) is 4.64. The van der Waals surface area contributed by atoms with Crippen molar-refractivity contribution >= 4 is 24.0 Å². The smallest absolute Gasteiger partial charge is 0.273 e. The molecule has 7 heteroatoms. The second-order valence-corrected chi connectivity index (χ2v) is 5.72. The third kappa shape index (κ3) is 3.56. The Bertz CT molecular complexity index is 565. The van der Waals surface area contributed by atoms with E-state index < -0.39 is 4.92 Å². The summed E-state index contributed by atoms with van der Waals surface area (Å²) in [4.78, 5) is 25.0. The number of nitro benzene ring substituents is 1. The molecule has 2 rings (SSSR count). The number of nitrogens with zero attached hydrogens (tertiary/aromatic N) is 2. The highest BCUT2D eigenvalue weighted by Gasteiger charge is 2.31. The third-order valence-corrected chi connectivity index (χ3v) is 4.24. The van der Waals surface area contributed by atoms with Crippen LogP contribution in [-0.4, -0.2) is 34.9 Å². The van der Waals surface area contributed by atoms with Gasteiger partial charge in [0, 0.05) is 36.3 Å². The van der Waals surface area contributed by atoms with E-state index in [1.807, 2.05) is 0 Å². The van der Waals surface area contributed by atoms with Gasteiger partial charge in [-0.1, -0.05) is 13.0 Å². The van der Waals surface area contributed by atoms with Crippen LogP contribution in [0.5, 0.6) is 0 Å². The summed E-state index contributed by atoms with van der Waals surface area (Å²) in [5, 5.41) is 11.0. The fourth-order valence-electron chi connectivity index (χ4n) is 2.95. The van der Waals surface area contributed by atoms with E-state index in [2.05, 4.69) is 6.92 Å².